The van der Waals surface area contributed by atoms with Gasteiger partial charge in [-0.3, -0.25) is 0 Å². The quantitative estimate of drug-likeness (QED) is 0.675. The van der Waals surface area contributed by atoms with Crippen LogP contribution in [-0.4, -0.2) is 24.0 Å². The van der Waals surface area contributed by atoms with E-state index in [2.05, 4.69) is 36.1 Å². The fourth-order valence-electron chi connectivity index (χ4n) is 3.48. The molecule has 1 heteroatoms. The summed E-state index contributed by atoms with van der Waals surface area (Å²) in [7, 11) is 0. The average molecular weight is 201 g/mol. The molecule has 1 aromatic carbocycles. The van der Waals surface area contributed by atoms with Crippen LogP contribution >= 0.6 is 0 Å². The van der Waals surface area contributed by atoms with Crippen LogP contribution in [-0.2, 0) is 6.42 Å². The Bertz CT molecular complexity index is 358. The number of aryl methyl sites for hydroxylation is 1. The van der Waals surface area contributed by atoms with Gasteiger partial charge in [0.25, 0.3) is 0 Å². The first-order valence-corrected chi connectivity index (χ1v) is 6.22. The maximum atomic E-state index is 2.67. The van der Waals surface area contributed by atoms with Crippen LogP contribution in [0.3, 0.4) is 0 Å². The van der Waals surface area contributed by atoms with E-state index in [4.69, 9.17) is 0 Å². The Hall–Kier alpha value is -0.820. The smallest absolute Gasteiger partial charge is 0.0168 e. The molecule has 1 nitrogen and oxygen atoms in total. The molecule has 0 radical (unpaired) electrons. The van der Waals surface area contributed by atoms with E-state index in [0.29, 0.717) is 0 Å². The third kappa shape index (κ3) is 1.41. The lowest BCUT2D eigenvalue weighted by atomic mass is 9.80. The van der Waals surface area contributed by atoms with Gasteiger partial charge in [0.15, 0.2) is 0 Å². The van der Waals surface area contributed by atoms with Crippen LogP contribution in [0.4, 0.5) is 0 Å². The highest BCUT2D eigenvalue weighted by Gasteiger charge is 2.37. The molecular weight excluding hydrogens is 182 g/mol. The van der Waals surface area contributed by atoms with E-state index in [1.165, 1.54) is 32.4 Å². The average Bonchev–Trinajstić information content (AvgIpc) is 2.72. The molecule has 3 rings (SSSR count). The van der Waals surface area contributed by atoms with Crippen LogP contribution in [0, 0.1) is 0 Å². The second-order valence-corrected chi connectivity index (χ2v) is 4.83. The van der Waals surface area contributed by atoms with E-state index in [0.717, 1.165) is 12.0 Å². The molecule has 15 heavy (non-hydrogen) atoms. The molecular formula is C14H19N. The molecule has 1 heterocycles. The fourth-order valence-corrected chi connectivity index (χ4v) is 3.48. The van der Waals surface area contributed by atoms with Crippen molar-refractivity contribution < 1.29 is 0 Å². The van der Waals surface area contributed by atoms with Crippen molar-refractivity contribution in [2.24, 2.45) is 0 Å². The van der Waals surface area contributed by atoms with Gasteiger partial charge < -0.3 is 4.90 Å². The van der Waals surface area contributed by atoms with Gasteiger partial charge in [-0.25, -0.2) is 0 Å². The lowest BCUT2D eigenvalue weighted by Gasteiger charge is -2.32. The zero-order valence-electron chi connectivity index (χ0n) is 9.45. The highest BCUT2D eigenvalue weighted by Crippen LogP contribution is 2.40. The SMILES string of the molecule is CCN1CC[C@H]2c3ccccc3CC[C@H]21. The number of likely N-dealkylation sites (tertiary alicyclic amines) is 1. The Kier molecular flexibility index (Phi) is 2.28. The largest absolute Gasteiger partial charge is 0.300 e. The monoisotopic (exact) mass is 201 g/mol. The van der Waals surface area contributed by atoms with Gasteiger partial charge in [0, 0.05) is 12.0 Å². The fraction of sp³-hybridized carbons (Fsp3) is 0.571. The standard InChI is InChI=1S/C14H19N/c1-2-15-10-9-13-12-6-4-3-5-11(12)7-8-14(13)15/h3-6,13-14H,2,7-10H2,1H3/t13-,14+/m0/s1. The van der Waals surface area contributed by atoms with Crippen LogP contribution in [0.1, 0.15) is 36.8 Å². The summed E-state index contributed by atoms with van der Waals surface area (Å²) in [6, 6.07) is 9.90. The molecule has 0 amide bonds. The first-order valence-electron chi connectivity index (χ1n) is 6.22. The van der Waals surface area contributed by atoms with E-state index in [1.54, 1.807) is 11.1 Å². The lowest BCUT2D eigenvalue weighted by Crippen LogP contribution is -2.34. The number of hydrogen-bond donors (Lipinski definition) is 0. The second kappa shape index (κ2) is 3.64. The van der Waals surface area contributed by atoms with E-state index >= 15 is 0 Å². The first kappa shape index (κ1) is 9.41. The van der Waals surface area contributed by atoms with Gasteiger partial charge >= 0.3 is 0 Å². The minimum atomic E-state index is 0.829. The highest BCUT2D eigenvalue weighted by atomic mass is 15.2. The number of fused-ring (bicyclic) bond motifs is 3. The summed E-state index contributed by atoms with van der Waals surface area (Å²) in [5.74, 6) is 0.829. The molecule has 2 atom stereocenters. The van der Waals surface area contributed by atoms with Crippen molar-refractivity contribution in [1.82, 2.24) is 4.90 Å². The summed E-state index contributed by atoms with van der Waals surface area (Å²) in [5, 5.41) is 0. The van der Waals surface area contributed by atoms with Crippen LogP contribution in [0.5, 0.6) is 0 Å². The Labute approximate surface area is 92.1 Å². The van der Waals surface area contributed by atoms with Crippen LogP contribution in [0.2, 0.25) is 0 Å². The predicted octanol–water partition coefficient (Wildman–Crippen LogP) is 2.81. The summed E-state index contributed by atoms with van der Waals surface area (Å²) < 4.78 is 0. The minimum Gasteiger partial charge on any atom is -0.300 e. The van der Waals surface area contributed by atoms with Crippen molar-refractivity contribution in [2.75, 3.05) is 13.1 Å². The number of hydrogen-bond acceptors (Lipinski definition) is 1. The normalized spacial score (nSPS) is 29.9. The maximum Gasteiger partial charge on any atom is 0.0168 e. The van der Waals surface area contributed by atoms with Gasteiger partial charge in [0.2, 0.25) is 0 Å². The summed E-state index contributed by atoms with van der Waals surface area (Å²) in [6.45, 7) is 4.83. The number of nitrogens with zero attached hydrogens (tertiary/aromatic N) is 1. The molecule has 80 valence electrons. The zero-order chi connectivity index (χ0) is 10.3. The molecule has 2 aliphatic rings. The van der Waals surface area contributed by atoms with Gasteiger partial charge in [0.1, 0.15) is 0 Å². The minimum absolute atomic E-state index is 0.829. The topological polar surface area (TPSA) is 3.24 Å². The summed E-state index contributed by atoms with van der Waals surface area (Å²) in [6.07, 6.45) is 4.03. The number of likely N-dealkylation sites (N-methyl/N-ethyl adjacent to an activating group) is 1. The Morgan fingerprint density at radius 3 is 3.00 bits per heavy atom. The predicted molar refractivity (Wildman–Crippen MR) is 63.2 cm³/mol. The lowest BCUT2D eigenvalue weighted by molar-refractivity contribution is 0.238. The van der Waals surface area contributed by atoms with Crippen molar-refractivity contribution in [3.63, 3.8) is 0 Å². The van der Waals surface area contributed by atoms with Gasteiger partial charge in [-0.1, -0.05) is 31.2 Å². The third-order valence-corrected chi connectivity index (χ3v) is 4.23. The highest BCUT2D eigenvalue weighted by molar-refractivity contribution is 5.35. The molecule has 0 aromatic heterocycles. The molecule has 0 unspecified atom stereocenters. The van der Waals surface area contributed by atoms with Crippen molar-refractivity contribution >= 4 is 0 Å². The summed E-state index contributed by atoms with van der Waals surface area (Å²) in [5.41, 5.74) is 3.25. The molecule has 1 saturated heterocycles. The van der Waals surface area contributed by atoms with Gasteiger partial charge in [-0.05, 0) is 43.5 Å². The van der Waals surface area contributed by atoms with Crippen molar-refractivity contribution in [3.05, 3.63) is 35.4 Å². The van der Waals surface area contributed by atoms with Gasteiger partial charge in [0.05, 0.1) is 0 Å². The Morgan fingerprint density at radius 2 is 2.13 bits per heavy atom. The molecule has 0 spiro atoms. The number of rotatable bonds is 1. The maximum absolute atomic E-state index is 2.67. The summed E-state index contributed by atoms with van der Waals surface area (Å²) in [4.78, 5) is 2.67. The van der Waals surface area contributed by atoms with Crippen molar-refractivity contribution in [1.29, 1.82) is 0 Å². The first-order chi connectivity index (χ1) is 7.40. The molecule has 1 fully saturated rings. The van der Waals surface area contributed by atoms with Crippen LogP contribution in [0.15, 0.2) is 24.3 Å². The molecule has 0 saturated carbocycles. The van der Waals surface area contributed by atoms with E-state index in [-0.39, 0.29) is 0 Å². The van der Waals surface area contributed by atoms with Crippen LogP contribution < -0.4 is 0 Å². The summed E-state index contributed by atoms with van der Waals surface area (Å²) >= 11 is 0. The van der Waals surface area contributed by atoms with E-state index < -0.39 is 0 Å². The Balaban J connectivity index is 1.96. The van der Waals surface area contributed by atoms with Crippen molar-refractivity contribution in [3.8, 4) is 0 Å². The molecule has 0 bridgehead atoms. The Morgan fingerprint density at radius 1 is 1.27 bits per heavy atom. The molecule has 0 N–H and O–H groups in total. The van der Waals surface area contributed by atoms with E-state index in [1.807, 2.05) is 0 Å². The second-order valence-electron chi connectivity index (χ2n) is 4.83. The van der Waals surface area contributed by atoms with Gasteiger partial charge in [-0.15, -0.1) is 0 Å². The molecule has 1 aliphatic carbocycles. The van der Waals surface area contributed by atoms with E-state index in [9.17, 15) is 0 Å². The molecule has 1 aliphatic heterocycles. The van der Waals surface area contributed by atoms with Crippen molar-refractivity contribution in [2.45, 2.75) is 38.1 Å². The van der Waals surface area contributed by atoms with Crippen LogP contribution in [0.25, 0.3) is 0 Å². The third-order valence-electron chi connectivity index (χ3n) is 4.23. The molecule has 1 aromatic rings. The number of benzene rings is 1. The zero-order valence-corrected chi connectivity index (χ0v) is 9.45. The van der Waals surface area contributed by atoms with Gasteiger partial charge in [-0.2, -0.15) is 0 Å².